The van der Waals surface area contributed by atoms with Crippen LogP contribution in [-0.2, 0) is 10.5 Å². The first-order chi connectivity index (χ1) is 15.4. The number of amides is 2. The molecular formula is C26H27N3O2S. The Bertz CT molecular complexity index is 1090. The molecule has 0 aromatic heterocycles. The first kappa shape index (κ1) is 23.3. The van der Waals surface area contributed by atoms with Gasteiger partial charge in [-0.3, -0.25) is 9.59 Å². The van der Waals surface area contributed by atoms with Crippen LogP contribution in [0.2, 0.25) is 0 Å². The first-order valence-electron chi connectivity index (χ1n) is 10.4. The van der Waals surface area contributed by atoms with Gasteiger partial charge in [0.2, 0.25) is 5.91 Å². The van der Waals surface area contributed by atoms with Crippen molar-refractivity contribution in [3.8, 4) is 0 Å². The van der Waals surface area contributed by atoms with Crippen LogP contribution in [0.5, 0.6) is 0 Å². The molecular weight excluding hydrogens is 418 g/mol. The second-order valence-corrected chi connectivity index (χ2v) is 8.60. The molecule has 3 rings (SSSR count). The smallest absolute Gasteiger partial charge is 0.255 e. The number of aryl methyl sites for hydroxylation is 2. The standard InChI is InChI=1S/C26H27N3O2S/c1-18-13-19(2)15-21(14-18)16-32-17-25(30)29-28-20(3)22-9-11-24(12-10-22)27-26(31)23-7-5-4-6-8-23/h4-15H,16-17H2,1-3H3,(H,27,31)(H,29,30)/b28-20-. The SMILES string of the molecule is C/C(=N/NC(=O)CSCc1cc(C)cc(C)c1)c1ccc(NC(=O)c2ccccc2)cc1. The van der Waals surface area contributed by atoms with Crippen LogP contribution in [0.4, 0.5) is 5.69 Å². The van der Waals surface area contributed by atoms with E-state index in [1.54, 1.807) is 23.9 Å². The van der Waals surface area contributed by atoms with Crippen molar-refractivity contribution in [1.82, 2.24) is 5.43 Å². The lowest BCUT2D eigenvalue weighted by Gasteiger charge is -2.07. The van der Waals surface area contributed by atoms with E-state index in [0.29, 0.717) is 22.7 Å². The van der Waals surface area contributed by atoms with E-state index in [4.69, 9.17) is 0 Å². The van der Waals surface area contributed by atoms with Crippen molar-refractivity contribution in [2.45, 2.75) is 26.5 Å². The molecule has 164 valence electrons. The lowest BCUT2D eigenvalue weighted by atomic mass is 10.1. The summed E-state index contributed by atoms with van der Waals surface area (Å²) >= 11 is 1.56. The molecule has 0 radical (unpaired) electrons. The Kier molecular flexibility index (Phi) is 8.22. The molecule has 0 atom stereocenters. The molecule has 0 aliphatic rings. The number of thioether (sulfide) groups is 1. The van der Waals surface area contributed by atoms with Gasteiger partial charge in [0.1, 0.15) is 0 Å². The Balaban J connectivity index is 1.47. The van der Waals surface area contributed by atoms with Crippen LogP contribution >= 0.6 is 11.8 Å². The van der Waals surface area contributed by atoms with Crippen LogP contribution in [-0.4, -0.2) is 23.3 Å². The molecule has 0 saturated heterocycles. The largest absolute Gasteiger partial charge is 0.322 e. The molecule has 0 saturated carbocycles. The van der Waals surface area contributed by atoms with Gasteiger partial charge >= 0.3 is 0 Å². The molecule has 0 fully saturated rings. The van der Waals surface area contributed by atoms with E-state index in [-0.39, 0.29) is 11.8 Å². The molecule has 2 N–H and O–H groups in total. The average molecular weight is 446 g/mol. The molecule has 6 heteroatoms. The fraction of sp³-hybridized carbons (Fsp3) is 0.192. The number of nitrogens with zero attached hydrogens (tertiary/aromatic N) is 1. The maximum Gasteiger partial charge on any atom is 0.255 e. The minimum Gasteiger partial charge on any atom is -0.322 e. The highest BCUT2D eigenvalue weighted by atomic mass is 32.2. The van der Waals surface area contributed by atoms with E-state index in [1.807, 2.05) is 49.4 Å². The van der Waals surface area contributed by atoms with Crippen molar-refractivity contribution in [2.75, 3.05) is 11.1 Å². The predicted octanol–water partition coefficient (Wildman–Crippen LogP) is 5.33. The maximum absolute atomic E-state index is 12.2. The fourth-order valence-electron chi connectivity index (χ4n) is 3.24. The summed E-state index contributed by atoms with van der Waals surface area (Å²) in [7, 11) is 0. The van der Waals surface area contributed by atoms with E-state index in [0.717, 1.165) is 11.3 Å². The Hall–Kier alpha value is -3.38. The number of carbonyl (C=O) groups excluding carboxylic acids is 2. The molecule has 0 aliphatic heterocycles. The van der Waals surface area contributed by atoms with Gasteiger partial charge in [-0.25, -0.2) is 5.43 Å². The normalized spacial score (nSPS) is 11.2. The number of hydrazone groups is 1. The van der Waals surface area contributed by atoms with Crippen molar-refractivity contribution >= 4 is 35.0 Å². The molecule has 5 nitrogen and oxygen atoms in total. The summed E-state index contributed by atoms with van der Waals surface area (Å²) in [5, 5.41) is 7.07. The van der Waals surface area contributed by atoms with E-state index < -0.39 is 0 Å². The highest BCUT2D eigenvalue weighted by Crippen LogP contribution is 2.16. The minimum atomic E-state index is -0.158. The number of hydrogen-bond acceptors (Lipinski definition) is 4. The predicted molar refractivity (Wildman–Crippen MR) is 133 cm³/mol. The van der Waals surface area contributed by atoms with Crippen LogP contribution in [0.3, 0.4) is 0 Å². The molecule has 0 heterocycles. The Morgan fingerprint density at radius 3 is 2.19 bits per heavy atom. The third-order valence-electron chi connectivity index (χ3n) is 4.73. The maximum atomic E-state index is 12.2. The lowest BCUT2D eigenvalue weighted by Crippen LogP contribution is -2.21. The van der Waals surface area contributed by atoms with Gasteiger partial charge in [-0.1, -0.05) is 59.7 Å². The van der Waals surface area contributed by atoms with Gasteiger partial charge in [0, 0.05) is 17.0 Å². The number of hydrogen-bond donors (Lipinski definition) is 2. The van der Waals surface area contributed by atoms with Crippen molar-refractivity contribution in [3.63, 3.8) is 0 Å². The van der Waals surface area contributed by atoms with Gasteiger partial charge in [-0.15, -0.1) is 11.8 Å². The monoisotopic (exact) mass is 445 g/mol. The molecule has 3 aromatic carbocycles. The number of nitrogens with one attached hydrogen (secondary N) is 2. The molecule has 3 aromatic rings. The number of benzene rings is 3. The first-order valence-corrected chi connectivity index (χ1v) is 11.5. The Labute approximate surface area is 193 Å². The lowest BCUT2D eigenvalue weighted by molar-refractivity contribution is -0.118. The molecule has 32 heavy (non-hydrogen) atoms. The Morgan fingerprint density at radius 2 is 1.53 bits per heavy atom. The van der Waals surface area contributed by atoms with Crippen LogP contribution in [0.1, 0.15) is 39.5 Å². The third kappa shape index (κ3) is 7.10. The fourth-order valence-corrected chi connectivity index (χ4v) is 4.00. The van der Waals surface area contributed by atoms with Gasteiger partial charge in [0.15, 0.2) is 0 Å². The average Bonchev–Trinajstić information content (AvgIpc) is 2.78. The molecule has 0 aliphatic carbocycles. The molecule has 0 bridgehead atoms. The van der Waals surface area contributed by atoms with Crippen LogP contribution in [0.25, 0.3) is 0 Å². The third-order valence-corrected chi connectivity index (χ3v) is 5.73. The second-order valence-electron chi connectivity index (χ2n) is 7.62. The highest BCUT2D eigenvalue weighted by molar-refractivity contribution is 7.99. The summed E-state index contributed by atoms with van der Waals surface area (Å²) in [6, 6.07) is 22.8. The second kappa shape index (κ2) is 11.3. The molecule has 0 spiro atoms. The zero-order chi connectivity index (χ0) is 22.9. The molecule has 0 unspecified atom stereocenters. The van der Waals surface area contributed by atoms with Gasteiger partial charge in [0.05, 0.1) is 11.5 Å². The van der Waals surface area contributed by atoms with Gasteiger partial charge in [-0.2, -0.15) is 5.10 Å². The highest BCUT2D eigenvalue weighted by Gasteiger charge is 2.06. The minimum absolute atomic E-state index is 0.134. The van der Waals surface area contributed by atoms with Gasteiger partial charge in [-0.05, 0) is 56.2 Å². The van der Waals surface area contributed by atoms with E-state index in [2.05, 4.69) is 47.9 Å². The van der Waals surface area contributed by atoms with E-state index in [1.165, 1.54) is 16.7 Å². The summed E-state index contributed by atoms with van der Waals surface area (Å²) < 4.78 is 0. The van der Waals surface area contributed by atoms with Crippen LogP contribution < -0.4 is 10.7 Å². The zero-order valence-corrected chi connectivity index (χ0v) is 19.3. The van der Waals surface area contributed by atoms with Gasteiger partial charge in [0.25, 0.3) is 5.91 Å². The van der Waals surface area contributed by atoms with Crippen molar-refractivity contribution in [2.24, 2.45) is 5.10 Å². The number of rotatable bonds is 8. The zero-order valence-electron chi connectivity index (χ0n) is 18.5. The van der Waals surface area contributed by atoms with Crippen molar-refractivity contribution < 1.29 is 9.59 Å². The van der Waals surface area contributed by atoms with E-state index >= 15 is 0 Å². The summed E-state index contributed by atoms with van der Waals surface area (Å²) in [6.07, 6.45) is 0. The van der Waals surface area contributed by atoms with Crippen molar-refractivity contribution in [3.05, 3.63) is 101 Å². The summed E-state index contributed by atoms with van der Waals surface area (Å²) in [5.74, 6) is 0.836. The topological polar surface area (TPSA) is 70.6 Å². The summed E-state index contributed by atoms with van der Waals surface area (Å²) in [6.45, 7) is 5.99. The van der Waals surface area contributed by atoms with Crippen LogP contribution in [0, 0.1) is 13.8 Å². The summed E-state index contributed by atoms with van der Waals surface area (Å²) in [5.41, 5.74) is 9.16. The van der Waals surface area contributed by atoms with Crippen LogP contribution in [0.15, 0.2) is 77.9 Å². The van der Waals surface area contributed by atoms with Gasteiger partial charge < -0.3 is 5.32 Å². The van der Waals surface area contributed by atoms with E-state index in [9.17, 15) is 9.59 Å². The van der Waals surface area contributed by atoms with Crippen molar-refractivity contribution in [1.29, 1.82) is 0 Å². The quantitative estimate of drug-likeness (QED) is 0.364. The summed E-state index contributed by atoms with van der Waals surface area (Å²) in [4.78, 5) is 24.4. The number of anilines is 1. The number of carbonyl (C=O) groups is 2. The Morgan fingerprint density at radius 1 is 0.875 bits per heavy atom. The molecule has 2 amide bonds.